The minimum Gasteiger partial charge on any atom is -0.311 e. The second kappa shape index (κ2) is 14.5. The molecule has 0 bridgehead atoms. The normalized spacial score (nSPS) is 22.6. The van der Waals surface area contributed by atoms with Crippen LogP contribution in [0.1, 0.15) is 32.3 Å². The number of nitrogens with zero attached hydrogens (tertiary/aromatic N) is 4. The summed E-state index contributed by atoms with van der Waals surface area (Å²) in [5, 5.41) is 7.97. The van der Waals surface area contributed by atoms with Gasteiger partial charge in [0.15, 0.2) is 0 Å². The fourth-order valence-corrected chi connectivity index (χ4v) is 5.32. The number of likely N-dealkylation sites (tertiary alicyclic amines) is 1. The van der Waals surface area contributed by atoms with Gasteiger partial charge in [-0.1, -0.05) is 44.2 Å². The molecule has 2 heterocycles. The van der Waals surface area contributed by atoms with Crippen molar-refractivity contribution in [1.29, 1.82) is 0 Å². The van der Waals surface area contributed by atoms with Crippen LogP contribution >= 0.6 is 0 Å². The van der Waals surface area contributed by atoms with E-state index in [1.165, 1.54) is 57.7 Å². The van der Waals surface area contributed by atoms with Gasteiger partial charge in [-0.05, 0) is 58.4 Å². The van der Waals surface area contributed by atoms with Crippen molar-refractivity contribution in [2.24, 2.45) is 5.92 Å². The number of rotatable bonds is 14. The maximum absolute atomic E-state index is 4.00. The summed E-state index contributed by atoms with van der Waals surface area (Å²) in [5.74, 6) is 0.616. The van der Waals surface area contributed by atoms with Crippen LogP contribution in [0.5, 0.6) is 0 Å². The molecule has 34 heavy (non-hydrogen) atoms. The fraction of sp³-hybridized carbons (Fsp3) is 0.786. The summed E-state index contributed by atoms with van der Waals surface area (Å²) in [7, 11) is 6.59. The number of benzene rings is 1. The zero-order valence-electron chi connectivity index (χ0n) is 22.7. The van der Waals surface area contributed by atoms with Crippen molar-refractivity contribution in [1.82, 2.24) is 30.2 Å². The van der Waals surface area contributed by atoms with E-state index in [1.807, 2.05) is 0 Å². The smallest absolute Gasteiger partial charge is 0.0236 e. The lowest BCUT2D eigenvalue weighted by Gasteiger charge is -2.36. The second-order valence-electron chi connectivity index (χ2n) is 11.3. The Morgan fingerprint density at radius 1 is 1.00 bits per heavy atom. The third-order valence-corrected chi connectivity index (χ3v) is 7.78. The highest BCUT2D eigenvalue weighted by molar-refractivity contribution is 5.16. The molecule has 3 rings (SSSR count). The molecule has 0 spiro atoms. The average molecular weight is 473 g/mol. The summed E-state index contributed by atoms with van der Waals surface area (Å²) >= 11 is 0. The SMILES string of the molecule is CC(C)[C@@H](CN[C@@H](Cc1ccccc1)CN1CCN(C)CC1)NC[C@@H]1CCCN1CCN(C)C. The minimum absolute atomic E-state index is 0.483. The Kier molecular flexibility index (Phi) is 11.8. The zero-order valence-corrected chi connectivity index (χ0v) is 22.7. The van der Waals surface area contributed by atoms with E-state index in [-0.39, 0.29) is 0 Å². The van der Waals surface area contributed by atoms with Crippen LogP contribution in [0.3, 0.4) is 0 Å². The molecular weight excluding hydrogens is 420 g/mol. The van der Waals surface area contributed by atoms with E-state index in [1.54, 1.807) is 0 Å². The quantitative estimate of drug-likeness (QED) is 0.432. The van der Waals surface area contributed by atoms with Gasteiger partial charge >= 0.3 is 0 Å². The van der Waals surface area contributed by atoms with Gasteiger partial charge in [-0.25, -0.2) is 0 Å². The molecule has 1 aromatic carbocycles. The van der Waals surface area contributed by atoms with Gasteiger partial charge in [0.2, 0.25) is 0 Å². The predicted molar refractivity (Wildman–Crippen MR) is 146 cm³/mol. The molecule has 0 aromatic heterocycles. The molecule has 2 fully saturated rings. The third kappa shape index (κ3) is 9.56. The molecule has 0 radical (unpaired) electrons. The van der Waals surface area contributed by atoms with Crippen molar-refractivity contribution >= 4 is 0 Å². The molecule has 0 unspecified atom stereocenters. The van der Waals surface area contributed by atoms with E-state index >= 15 is 0 Å². The number of piperazine rings is 1. The lowest BCUT2D eigenvalue weighted by Crippen LogP contribution is -2.53. The topological polar surface area (TPSA) is 37.0 Å². The fourth-order valence-electron chi connectivity index (χ4n) is 5.32. The van der Waals surface area contributed by atoms with Gasteiger partial charge < -0.3 is 20.4 Å². The maximum Gasteiger partial charge on any atom is 0.0236 e. The summed E-state index contributed by atoms with van der Waals surface area (Å²) in [6.07, 6.45) is 3.77. The Morgan fingerprint density at radius 3 is 2.41 bits per heavy atom. The summed E-state index contributed by atoms with van der Waals surface area (Å²) in [4.78, 5) is 10.1. The van der Waals surface area contributed by atoms with Crippen LogP contribution in [0, 0.1) is 5.92 Å². The van der Waals surface area contributed by atoms with E-state index in [2.05, 4.69) is 95.6 Å². The Morgan fingerprint density at radius 2 is 1.74 bits per heavy atom. The van der Waals surface area contributed by atoms with E-state index < -0.39 is 0 Å². The van der Waals surface area contributed by atoms with Crippen LogP contribution in [0.2, 0.25) is 0 Å². The van der Waals surface area contributed by atoms with Crippen molar-refractivity contribution in [3.05, 3.63) is 35.9 Å². The molecule has 6 heteroatoms. The van der Waals surface area contributed by atoms with E-state index in [9.17, 15) is 0 Å². The summed E-state index contributed by atoms with van der Waals surface area (Å²) < 4.78 is 0. The third-order valence-electron chi connectivity index (χ3n) is 7.78. The number of nitrogens with one attached hydrogen (secondary N) is 2. The lowest BCUT2D eigenvalue weighted by atomic mass is 10.0. The Bertz CT molecular complexity index is 658. The number of hydrogen-bond acceptors (Lipinski definition) is 6. The van der Waals surface area contributed by atoms with E-state index in [0.29, 0.717) is 24.0 Å². The van der Waals surface area contributed by atoms with E-state index in [0.717, 1.165) is 32.6 Å². The number of likely N-dealkylation sites (N-methyl/N-ethyl adjacent to an activating group) is 2. The van der Waals surface area contributed by atoms with Crippen LogP contribution < -0.4 is 10.6 Å². The standard InChI is InChI=1S/C28H52N6/c1-24(2)28(30-21-27-12-9-13-34(27)19-14-31(3)4)22-29-26(20-25-10-7-6-8-11-25)23-33-17-15-32(5)16-18-33/h6-8,10-11,24,26-30H,9,12-23H2,1-5H3/t26-,27-,28+/m0/s1. The van der Waals surface area contributed by atoms with Crippen LogP contribution in [0.25, 0.3) is 0 Å². The first-order valence-electron chi connectivity index (χ1n) is 13.7. The molecule has 6 nitrogen and oxygen atoms in total. The molecule has 0 amide bonds. The first-order chi connectivity index (χ1) is 16.4. The van der Waals surface area contributed by atoms with Crippen LogP contribution in [0.15, 0.2) is 30.3 Å². The molecule has 0 aliphatic carbocycles. The molecule has 1 aromatic rings. The van der Waals surface area contributed by atoms with Gasteiger partial charge in [-0.15, -0.1) is 0 Å². The minimum atomic E-state index is 0.483. The van der Waals surface area contributed by atoms with Crippen molar-refractivity contribution in [3.8, 4) is 0 Å². The molecule has 0 saturated carbocycles. The lowest BCUT2D eigenvalue weighted by molar-refractivity contribution is 0.140. The number of hydrogen-bond donors (Lipinski definition) is 2. The van der Waals surface area contributed by atoms with E-state index in [4.69, 9.17) is 0 Å². The molecule has 2 saturated heterocycles. The molecule has 194 valence electrons. The van der Waals surface area contributed by atoms with Crippen molar-refractivity contribution in [2.75, 3.05) is 86.6 Å². The van der Waals surface area contributed by atoms with Gasteiger partial charge in [0.25, 0.3) is 0 Å². The summed E-state index contributed by atoms with van der Waals surface area (Å²) in [6, 6.07) is 12.7. The second-order valence-corrected chi connectivity index (χ2v) is 11.3. The van der Waals surface area contributed by atoms with Gasteiger partial charge in [0.1, 0.15) is 0 Å². The van der Waals surface area contributed by atoms with Gasteiger partial charge in [0, 0.05) is 77.0 Å². The monoisotopic (exact) mass is 472 g/mol. The van der Waals surface area contributed by atoms with Crippen LogP contribution in [0.4, 0.5) is 0 Å². The molecule has 2 aliphatic rings. The summed E-state index contributed by atoms with van der Waals surface area (Å²) in [6.45, 7) is 16.3. The Labute approximate surface area is 210 Å². The van der Waals surface area contributed by atoms with Crippen molar-refractivity contribution < 1.29 is 0 Å². The highest BCUT2D eigenvalue weighted by Gasteiger charge is 2.26. The van der Waals surface area contributed by atoms with Crippen molar-refractivity contribution in [2.45, 2.75) is 51.2 Å². The van der Waals surface area contributed by atoms with Gasteiger partial charge in [-0.3, -0.25) is 9.80 Å². The van der Waals surface area contributed by atoms with Gasteiger partial charge in [-0.2, -0.15) is 0 Å². The first-order valence-corrected chi connectivity index (χ1v) is 13.7. The average Bonchev–Trinajstić information content (AvgIpc) is 3.27. The first kappa shape index (κ1) is 27.6. The largest absolute Gasteiger partial charge is 0.311 e. The van der Waals surface area contributed by atoms with Crippen molar-refractivity contribution in [3.63, 3.8) is 0 Å². The highest BCUT2D eigenvalue weighted by Crippen LogP contribution is 2.17. The van der Waals surface area contributed by atoms with Crippen LogP contribution in [-0.4, -0.2) is 124 Å². The zero-order chi connectivity index (χ0) is 24.3. The van der Waals surface area contributed by atoms with Crippen LogP contribution in [-0.2, 0) is 6.42 Å². The van der Waals surface area contributed by atoms with Gasteiger partial charge in [0.05, 0.1) is 0 Å². The molecule has 2 N–H and O–H groups in total. The highest BCUT2D eigenvalue weighted by atomic mass is 15.3. The maximum atomic E-state index is 4.00. The predicted octanol–water partition coefficient (Wildman–Crippen LogP) is 2.07. The Hall–Kier alpha value is -1.02. The Balaban J connectivity index is 1.52. The summed E-state index contributed by atoms with van der Waals surface area (Å²) in [5.41, 5.74) is 1.44. The molecular formula is C28H52N6. The molecule has 3 atom stereocenters. The molecule has 2 aliphatic heterocycles.